The number of carbonyl (C=O) groups is 8. The van der Waals surface area contributed by atoms with Gasteiger partial charge in [-0.2, -0.15) is 0 Å². The number of ether oxygens (including phenoxy) is 4. The fourth-order valence-corrected chi connectivity index (χ4v) is 23.3. The predicted molar refractivity (Wildman–Crippen MR) is 598 cm³/mol. The SMILES string of the molecule is CC(C)c1cccc(C(C)C)c1N1C(=O)c2cc(Cl)c3c4c(Cl)cc5c6c(cc(Cl)c(c7c(Cl)cc(c2c37)C1=O)c64)C(=O)N(c1c(C(C)C)cccc1C(C)C)C5=O.CC(C)c1cccc(C(C)C)c1N1C(=O)c2cc(Oc3ccccc3)c3c4c(Oc5ccccc5)cc5c6c(cc(Oc7ccccc7)c(c7c(Oc8ccccc8)cc(c2c37)C1=O)c64)C(=O)N(c1c(C(C)C)cccc1C(C)C)C5=O.O.Oc1ccccc1.[OH-]. The van der Waals surface area contributed by atoms with Crippen molar-refractivity contribution >= 4 is 203 Å². The van der Waals surface area contributed by atoms with Crippen LogP contribution in [0.2, 0.25) is 20.1 Å². The lowest BCUT2D eigenvalue weighted by atomic mass is 9.80. The molecular formula is C126H105Cl4N4O15-. The van der Waals surface area contributed by atoms with Gasteiger partial charge in [0.1, 0.15) is 51.7 Å². The second-order valence-corrected chi connectivity index (χ2v) is 42.1. The van der Waals surface area contributed by atoms with Crippen LogP contribution in [0.15, 0.2) is 273 Å². The van der Waals surface area contributed by atoms with Crippen LogP contribution in [0.4, 0.5) is 22.7 Å². The third-order valence-electron chi connectivity index (χ3n) is 28.7. The first-order valence-corrected chi connectivity index (χ1v) is 51.1. The smallest absolute Gasteiger partial charge is 0.266 e. The second kappa shape index (κ2) is 39.6. The number of nitrogens with zero attached hydrogens (tertiary/aromatic N) is 4. The molecule has 8 amide bonds. The molecule has 0 fully saturated rings. The van der Waals surface area contributed by atoms with Crippen LogP contribution in [-0.4, -0.2) is 63.3 Å². The van der Waals surface area contributed by atoms with Crippen LogP contribution in [0.3, 0.4) is 0 Å². The van der Waals surface area contributed by atoms with Crippen molar-refractivity contribution in [2.45, 2.75) is 158 Å². The molecule has 23 rings (SSSR count). The topological polar surface area (TPSA) is 268 Å². The van der Waals surface area contributed by atoms with E-state index in [4.69, 9.17) is 70.5 Å². The Morgan fingerprint density at radius 2 is 0.356 bits per heavy atom. The number of phenols is 1. The fourth-order valence-electron chi connectivity index (χ4n) is 22.1. The summed E-state index contributed by atoms with van der Waals surface area (Å²) in [4.78, 5) is 129. The molecule has 0 bridgehead atoms. The number of hydrogen-bond donors (Lipinski definition) is 1. The molecule has 0 spiro atoms. The molecule has 0 aliphatic carbocycles. The Bertz CT molecular complexity index is 7880. The van der Waals surface area contributed by atoms with Crippen LogP contribution in [0.5, 0.6) is 51.7 Å². The fraction of sp³-hybridized carbons (Fsp3) is 0.190. The van der Waals surface area contributed by atoms with Crippen LogP contribution in [0.25, 0.3) is 86.2 Å². The molecule has 0 atom stereocenters. The maximum absolute atomic E-state index is 16.1. The number of anilines is 4. The first kappa shape index (κ1) is 102. The van der Waals surface area contributed by atoms with Gasteiger partial charge >= 0.3 is 0 Å². The van der Waals surface area contributed by atoms with Gasteiger partial charge in [0.15, 0.2) is 0 Å². The van der Waals surface area contributed by atoms with Gasteiger partial charge in [-0.15, -0.1) is 0 Å². The molecule has 0 radical (unpaired) electrons. The number of benzene rings is 19. The molecule has 4 heterocycles. The Hall–Kier alpha value is -15.6. The van der Waals surface area contributed by atoms with E-state index in [9.17, 15) is 19.2 Å². The van der Waals surface area contributed by atoms with Crippen molar-refractivity contribution in [1.82, 2.24) is 0 Å². The molecule has 748 valence electrons. The van der Waals surface area contributed by atoms with E-state index in [1.807, 2.05) is 256 Å². The lowest BCUT2D eigenvalue weighted by Gasteiger charge is -2.35. The molecule has 0 saturated carbocycles. The highest BCUT2D eigenvalue weighted by molar-refractivity contribution is 6.58. The van der Waals surface area contributed by atoms with E-state index in [1.165, 1.54) is 19.6 Å². The summed E-state index contributed by atoms with van der Waals surface area (Å²) in [6.07, 6.45) is 0. The molecule has 149 heavy (non-hydrogen) atoms. The number of phenolic OH excluding ortho intramolecular Hbond substituents is 1. The highest BCUT2D eigenvalue weighted by Gasteiger charge is 2.48. The summed E-state index contributed by atoms with van der Waals surface area (Å²) >= 11 is 29.2. The lowest BCUT2D eigenvalue weighted by Crippen LogP contribution is -2.42. The molecule has 0 saturated heterocycles. The maximum atomic E-state index is 16.1. The zero-order chi connectivity index (χ0) is 103. The Morgan fingerprint density at radius 1 is 0.201 bits per heavy atom. The largest absolute Gasteiger partial charge is 0.870 e. The van der Waals surface area contributed by atoms with Crippen molar-refractivity contribution in [3.8, 4) is 51.7 Å². The summed E-state index contributed by atoms with van der Waals surface area (Å²) in [5.41, 5.74) is 10.8. The maximum Gasteiger partial charge on any atom is 0.266 e. The van der Waals surface area contributed by atoms with E-state index < -0.39 is 47.3 Å². The molecule has 19 aromatic carbocycles. The van der Waals surface area contributed by atoms with E-state index in [0.717, 1.165) is 44.5 Å². The number of aromatic hydroxyl groups is 1. The van der Waals surface area contributed by atoms with Crippen LogP contribution in [-0.2, 0) is 0 Å². The van der Waals surface area contributed by atoms with Gasteiger partial charge in [0.2, 0.25) is 0 Å². The highest BCUT2D eigenvalue weighted by atomic mass is 35.5. The van der Waals surface area contributed by atoms with Crippen molar-refractivity contribution in [2.24, 2.45) is 0 Å². The van der Waals surface area contributed by atoms with Gasteiger partial charge in [-0.25, -0.2) is 19.6 Å². The third kappa shape index (κ3) is 16.6. The number of hydrogen-bond acceptors (Lipinski definition) is 14. The quantitative estimate of drug-likeness (QED) is 0.0422. The van der Waals surface area contributed by atoms with Crippen molar-refractivity contribution in [1.29, 1.82) is 0 Å². The highest BCUT2D eigenvalue weighted by Crippen LogP contribution is 2.62. The molecule has 4 aliphatic heterocycles. The third-order valence-corrected chi connectivity index (χ3v) is 29.8. The van der Waals surface area contributed by atoms with Crippen LogP contribution in [0, 0.1) is 0 Å². The first-order valence-electron chi connectivity index (χ1n) is 49.6. The Labute approximate surface area is 881 Å². The van der Waals surface area contributed by atoms with E-state index in [1.54, 1.807) is 72.8 Å². The average molecular weight is 2060 g/mol. The summed E-state index contributed by atoms with van der Waals surface area (Å²) in [5, 5.41) is 16.2. The minimum absolute atomic E-state index is 0. The second-order valence-electron chi connectivity index (χ2n) is 40.5. The van der Waals surface area contributed by atoms with Crippen molar-refractivity contribution < 1.29 is 73.4 Å². The van der Waals surface area contributed by atoms with Crippen molar-refractivity contribution in [3.05, 3.63) is 382 Å². The van der Waals surface area contributed by atoms with Gasteiger partial charge in [-0.05, 0) is 201 Å². The Morgan fingerprint density at radius 3 is 0.510 bits per heavy atom. The van der Waals surface area contributed by atoms with Gasteiger partial charge in [0.25, 0.3) is 47.3 Å². The number of halogens is 4. The van der Waals surface area contributed by atoms with Gasteiger partial charge < -0.3 is 35.0 Å². The van der Waals surface area contributed by atoms with E-state index in [-0.39, 0.29) is 146 Å². The number of rotatable bonds is 20. The predicted octanol–water partition coefficient (Wildman–Crippen LogP) is 33.8. The zero-order valence-corrected chi connectivity index (χ0v) is 87.7. The van der Waals surface area contributed by atoms with Gasteiger partial charge in [-0.3, -0.25) is 38.4 Å². The molecule has 0 unspecified atom stereocenters. The number of carbonyl (C=O) groups excluding carboxylic acids is 8. The lowest BCUT2D eigenvalue weighted by molar-refractivity contribution is 0.0877. The summed E-state index contributed by atoms with van der Waals surface area (Å²) in [6, 6.07) is 82.7. The molecule has 4 aliphatic rings. The molecule has 19 nitrogen and oxygen atoms in total. The van der Waals surface area contributed by atoms with Crippen LogP contribution in [0.1, 0.15) is 285 Å². The Balaban J connectivity index is 0.000000182. The normalized spacial score (nSPS) is 13.4. The molecular weight excluding hydrogens is 1950 g/mol. The summed E-state index contributed by atoms with van der Waals surface area (Å²) in [7, 11) is 0. The zero-order valence-electron chi connectivity index (χ0n) is 84.7. The van der Waals surface area contributed by atoms with Gasteiger partial charge in [0, 0.05) is 106 Å². The summed E-state index contributed by atoms with van der Waals surface area (Å²) in [6.45, 7) is 32.7. The standard InChI is InChI=1S/C72H58N2O8.C48H38Cl4N2O4.C6H6O.2H2O/c1-39(2)47-31-21-32-48(40(3)4)67(47)73-69(75)51-35-55(79-43-23-13-9-14-24-43)61-63-57(81-45-27-17-11-18-28-45)37-53-60-54(72(78)74(71(53)77)68-49(41(5)6)33-22-34-50(68)42(7)8)38-58(82-46-29-19-12-20-30-46)64(66(60)63)62-56(80-44-25-15-10-16-26-44)36-52(70(73)76)59(51)65(61)62;1-19(2)23-11-9-12-24(20(3)4)43(23)53-45(55)27-15-31(49)37-39-33(51)17-29-36-30(48(58)54(47(29)57)44-25(21(5)6)13-10-14-26(44)22(7)8)18-34(52)40(42(36)39)38-32(50)16-28(46(53)56)35(27)41(37)38;7-6-4-2-1-3-5-6;;/h9-42H,1-8H3;9-22H,1-8H3;1-5,7H;2*1H2/p-1. The first-order chi connectivity index (χ1) is 70.6. The van der Waals surface area contributed by atoms with E-state index >= 15 is 19.2 Å². The monoisotopic (exact) mass is 2050 g/mol. The van der Waals surface area contributed by atoms with Crippen molar-refractivity contribution in [2.75, 3.05) is 19.6 Å². The average Bonchev–Trinajstić information content (AvgIpc) is 0.671. The van der Waals surface area contributed by atoms with Gasteiger partial charge in [-0.1, -0.05) is 321 Å². The minimum atomic E-state index is -0.532. The number of para-hydroxylation sites is 9. The Kier molecular flexibility index (Phi) is 27.1. The van der Waals surface area contributed by atoms with Crippen molar-refractivity contribution in [3.63, 3.8) is 0 Å². The van der Waals surface area contributed by atoms with Crippen LogP contribution >= 0.6 is 46.4 Å². The molecule has 19 aromatic rings. The molecule has 23 heteroatoms. The summed E-state index contributed by atoms with van der Waals surface area (Å²) < 4.78 is 28.6. The van der Waals surface area contributed by atoms with Gasteiger partial charge in [0.05, 0.1) is 67.3 Å². The number of fused-ring (bicyclic) bond motifs is 4. The van der Waals surface area contributed by atoms with Crippen LogP contribution < -0.4 is 38.5 Å². The molecule has 4 N–H and O–H groups in total. The molecule has 0 aromatic heterocycles. The minimum Gasteiger partial charge on any atom is -0.870 e. The number of amides is 8. The van der Waals surface area contributed by atoms with E-state index in [2.05, 4.69) is 55.4 Å². The van der Waals surface area contributed by atoms with E-state index in [0.29, 0.717) is 138 Å². The number of imide groups is 4. The summed E-state index contributed by atoms with van der Waals surface area (Å²) in [5.74, 6) is -1.20.